The van der Waals surface area contributed by atoms with Gasteiger partial charge < -0.3 is 15.5 Å². The molecule has 120 valence electrons. The van der Waals surface area contributed by atoms with E-state index >= 15 is 0 Å². The van der Waals surface area contributed by atoms with E-state index in [1.807, 2.05) is 0 Å². The van der Waals surface area contributed by atoms with E-state index < -0.39 is 0 Å². The Morgan fingerprint density at radius 1 is 1.22 bits per heavy atom. The summed E-state index contributed by atoms with van der Waals surface area (Å²) in [4.78, 5) is 7.38. The summed E-state index contributed by atoms with van der Waals surface area (Å²) < 4.78 is 0. The van der Waals surface area contributed by atoms with Gasteiger partial charge in [-0.05, 0) is 43.9 Å². The van der Waals surface area contributed by atoms with Crippen LogP contribution in [0.15, 0.2) is 36.4 Å². The lowest BCUT2D eigenvalue weighted by molar-refractivity contribution is 0.482. The van der Waals surface area contributed by atoms with E-state index in [0.29, 0.717) is 6.04 Å². The first kappa shape index (κ1) is 14.5. The lowest BCUT2D eigenvalue weighted by Gasteiger charge is -2.33. The van der Waals surface area contributed by atoms with Crippen molar-refractivity contribution in [3.05, 3.63) is 47.7 Å². The van der Waals surface area contributed by atoms with Crippen LogP contribution in [0, 0.1) is 0 Å². The first-order chi connectivity index (χ1) is 11.3. The number of piperazine rings is 1. The van der Waals surface area contributed by atoms with Crippen LogP contribution in [0.3, 0.4) is 0 Å². The molecule has 1 saturated heterocycles. The Bertz CT molecular complexity index is 683. The molecule has 1 atom stereocenters. The molecule has 1 unspecified atom stereocenters. The topological polar surface area (TPSA) is 40.2 Å². The minimum Gasteiger partial charge on any atom is -0.355 e. The molecule has 1 fully saturated rings. The van der Waals surface area contributed by atoms with Gasteiger partial charge in [0.25, 0.3) is 0 Å². The Morgan fingerprint density at radius 2 is 2.09 bits per heavy atom. The van der Waals surface area contributed by atoms with Crippen LogP contribution in [0.4, 0.5) is 17.2 Å². The zero-order valence-electron chi connectivity index (χ0n) is 13.7. The highest BCUT2D eigenvalue weighted by atomic mass is 15.2. The second-order valence-corrected chi connectivity index (χ2v) is 6.60. The van der Waals surface area contributed by atoms with Gasteiger partial charge in [0.15, 0.2) is 0 Å². The van der Waals surface area contributed by atoms with Crippen molar-refractivity contribution in [2.24, 2.45) is 0 Å². The van der Waals surface area contributed by atoms with Gasteiger partial charge in [-0.2, -0.15) is 0 Å². The second kappa shape index (κ2) is 6.20. The first-order valence-electron chi connectivity index (χ1n) is 8.63. The van der Waals surface area contributed by atoms with Crippen molar-refractivity contribution in [2.45, 2.75) is 32.2 Å². The van der Waals surface area contributed by atoms with E-state index in [9.17, 15) is 0 Å². The normalized spacial score (nSPS) is 20.4. The van der Waals surface area contributed by atoms with Gasteiger partial charge in [-0.3, -0.25) is 0 Å². The summed E-state index contributed by atoms with van der Waals surface area (Å²) in [6.45, 7) is 5.32. The van der Waals surface area contributed by atoms with Gasteiger partial charge in [0, 0.05) is 48.8 Å². The van der Waals surface area contributed by atoms with E-state index in [4.69, 9.17) is 4.98 Å². The van der Waals surface area contributed by atoms with Gasteiger partial charge in [-0.25, -0.2) is 4.98 Å². The summed E-state index contributed by atoms with van der Waals surface area (Å²) >= 11 is 0. The number of aryl methyl sites for hydroxylation is 1. The third kappa shape index (κ3) is 3.04. The predicted octanol–water partition coefficient (Wildman–Crippen LogP) is 3.11. The lowest BCUT2D eigenvalue weighted by atomic mass is 10.1. The highest BCUT2D eigenvalue weighted by Gasteiger charge is 2.22. The van der Waals surface area contributed by atoms with Gasteiger partial charge in [0.2, 0.25) is 0 Å². The minimum atomic E-state index is 0.518. The number of para-hydroxylation sites is 1. The Kier molecular flexibility index (Phi) is 3.92. The molecule has 1 aromatic carbocycles. The number of hydrogen-bond donors (Lipinski definition) is 2. The van der Waals surface area contributed by atoms with Crippen LogP contribution < -0.4 is 15.5 Å². The molecular weight excluding hydrogens is 284 g/mol. The third-order valence-corrected chi connectivity index (χ3v) is 4.78. The molecule has 1 aliphatic heterocycles. The molecule has 23 heavy (non-hydrogen) atoms. The summed E-state index contributed by atoms with van der Waals surface area (Å²) in [5.74, 6) is 1.12. The summed E-state index contributed by atoms with van der Waals surface area (Å²) in [6, 6.07) is 13.2. The van der Waals surface area contributed by atoms with Crippen LogP contribution in [-0.2, 0) is 12.8 Å². The maximum absolute atomic E-state index is 4.97. The number of nitrogens with zero attached hydrogens (tertiary/aromatic N) is 2. The second-order valence-electron chi connectivity index (χ2n) is 6.60. The predicted molar refractivity (Wildman–Crippen MR) is 95.7 cm³/mol. The average molecular weight is 308 g/mol. The smallest absolute Gasteiger partial charge is 0.131 e. The molecule has 1 aliphatic carbocycles. The number of benzene rings is 1. The van der Waals surface area contributed by atoms with Gasteiger partial charge >= 0.3 is 0 Å². The molecule has 0 bridgehead atoms. The van der Waals surface area contributed by atoms with Gasteiger partial charge in [0.1, 0.15) is 5.82 Å². The van der Waals surface area contributed by atoms with Crippen molar-refractivity contribution in [1.29, 1.82) is 0 Å². The van der Waals surface area contributed by atoms with Crippen molar-refractivity contribution >= 4 is 17.2 Å². The summed E-state index contributed by atoms with van der Waals surface area (Å²) in [6.07, 6.45) is 3.46. The molecule has 2 aliphatic rings. The standard InChI is InChI=1S/C19H24N4/c1-14-13-23(11-10-20-14)19-12-18(16-8-5-9-17(16)22-19)21-15-6-3-2-4-7-15/h2-4,6-7,12,14,20H,5,8-11,13H2,1H3,(H,21,22). The fraction of sp³-hybridized carbons (Fsp3) is 0.421. The van der Waals surface area contributed by atoms with Crippen molar-refractivity contribution in [1.82, 2.24) is 10.3 Å². The van der Waals surface area contributed by atoms with Crippen LogP contribution in [0.5, 0.6) is 0 Å². The summed E-state index contributed by atoms with van der Waals surface area (Å²) in [5.41, 5.74) is 5.07. The maximum Gasteiger partial charge on any atom is 0.131 e. The van der Waals surface area contributed by atoms with Crippen LogP contribution in [-0.4, -0.2) is 30.7 Å². The summed E-state index contributed by atoms with van der Waals surface area (Å²) in [5, 5.41) is 7.12. The fourth-order valence-corrected chi connectivity index (χ4v) is 3.62. The largest absolute Gasteiger partial charge is 0.355 e. The molecule has 4 rings (SSSR count). The number of rotatable bonds is 3. The first-order valence-corrected chi connectivity index (χ1v) is 8.63. The number of pyridine rings is 1. The number of hydrogen-bond acceptors (Lipinski definition) is 4. The molecule has 0 spiro atoms. The maximum atomic E-state index is 4.97. The number of nitrogens with one attached hydrogen (secondary N) is 2. The zero-order chi connectivity index (χ0) is 15.6. The lowest BCUT2D eigenvalue weighted by Crippen LogP contribution is -2.49. The SMILES string of the molecule is CC1CN(c2cc(Nc3ccccc3)c3c(n2)CCC3)CCN1. The average Bonchev–Trinajstić information content (AvgIpc) is 3.05. The molecule has 4 nitrogen and oxygen atoms in total. The molecule has 2 N–H and O–H groups in total. The Balaban J connectivity index is 1.67. The highest BCUT2D eigenvalue weighted by Crippen LogP contribution is 2.33. The molecule has 4 heteroatoms. The van der Waals surface area contributed by atoms with Gasteiger partial charge in [0.05, 0.1) is 0 Å². The van der Waals surface area contributed by atoms with Crippen LogP contribution in [0.2, 0.25) is 0 Å². The third-order valence-electron chi connectivity index (χ3n) is 4.78. The van der Waals surface area contributed by atoms with E-state index in [-0.39, 0.29) is 0 Å². The number of anilines is 3. The van der Waals surface area contributed by atoms with Crippen LogP contribution in [0.1, 0.15) is 24.6 Å². The fourth-order valence-electron chi connectivity index (χ4n) is 3.62. The van der Waals surface area contributed by atoms with Gasteiger partial charge in [-0.1, -0.05) is 18.2 Å². The molecule has 2 heterocycles. The monoisotopic (exact) mass is 308 g/mol. The highest BCUT2D eigenvalue weighted by molar-refractivity contribution is 5.68. The molecular formula is C19H24N4. The number of aromatic nitrogens is 1. The Labute approximate surface area is 137 Å². The molecule has 2 aromatic rings. The van der Waals surface area contributed by atoms with E-state index in [2.05, 4.69) is 58.9 Å². The van der Waals surface area contributed by atoms with Crippen molar-refractivity contribution in [2.75, 3.05) is 29.9 Å². The van der Waals surface area contributed by atoms with Crippen LogP contribution in [0.25, 0.3) is 0 Å². The zero-order valence-corrected chi connectivity index (χ0v) is 13.7. The number of fused-ring (bicyclic) bond motifs is 1. The van der Waals surface area contributed by atoms with Crippen molar-refractivity contribution in [3.8, 4) is 0 Å². The Morgan fingerprint density at radius 3 is 2.91 bits per heavy atom. The molecule has 1 aromatic heterocycles. The molecule has 0 radical (unpaired) electrons. The van der Waals surface area contributed by atoms with E-state index in [0.717, 1.165) is 44.0 Å². The quantitative estimate of drug-likeness (QED) is 0.914. The molecule has 0 amide bonds. The van der Waals surface area contributed by atoms with E-state index in [1.165, 1.54) is 23.4 Å². The summed E-state index contributed by atoms with van der Waals surface area (Å²) in [7, 11) is 0. The van der Waals surface area contributed by atoms with Crippen molar-refractivity contribution < 1.29 is 0 Å². The van der Waals surface area contributed by atoms with Gasteiger partial charge in [-0.15, -0.1) is 0 Å². The minimum absolute atomic E-state index is 0.518. The van der Waals surface area contributed by atoms with E-state index in [1.54, 1.807) is 0 Å². The van der Waals surface area contributed by atoms with Crippen molar-refractivity contribution in [3.63, 3.8) is 0 Å². The molecule has 0 saturated carbocycles. The van der Waals surface area contributed by atoms with Crippen LogP contribution >= 0.6 is 0 Å². The Hall–Kier alpha value is -2.07.